The zero-order chi connectivity index (χ0) is 26.9. The van der Waals surface area contributed by atoms with E-state index in [0.717, 1.165) is 11.1 Å². The molecule has 1 aliphatic heterocycles. The number of benzene rings is 3. The Hall–Kier alpha value is -4.66. The van der Waals surface area contributed by atoms with Crippen LogP contribution in [0.25, 0.3) is 11.1 Å². The normalized spacial score (nSPS) is 16.3. The van der Waals surface area contributed by atoms with Gasteiger partial charge in [-0.15, -0.1) is 0 Å². The van der Waals surface area contributed by atoms with Crippen molar-refractivity contribution >= 4 is 23.8 Å². The molecule has 1 heterocycles. The maximum atomic E-state index is 12.1. The first-order valence-electron chi connectivity index (χ1n) is 12.3. The molecule has 2 amide bonds. The lowest BCUT2D eigenvalue weighted by atomic mass is 10.0. The van der Waals surface area contributed by atoms with Crippen molar-refractivity contribution in [2.75, 3.05) is 13.2 Å². The second-order valence-electron chi connectivity index (χ2n) is 8.76. The molecular formula is C29H29N3O6. The fraction of sp³-hybridized carbons (Fsp3) is 0.241. The van der Waals surface area contributed by atoms with Crippen LogP contribution in [-0.2, 0) is 14.3 Å². The third kappa shape index (κ3) is 7.19. The Balaban J connectivity index is 1.26. The summed E-state index contributed by atoms with van der Waals surface area (Å²) in [5, 5.41) is 13.4. The molecule has 0 radical (unpaired) electrons. The first kappa shape index (κ1) is 26.4. The molecule has 0 saturated carbocycles. The molecule has 196 valence electrons. The monoisotopic (exact) mass is 515 g/mol. The van der Waals surface area contributed by atoms with Gasteiger partial charge in [0.25, 0.3) is 0 Å². The zero-order valence-corrected chi connectivity index (χ0v) is 20.9. The van der Waals surface area contributed by atoms with Gasteiger partial charge in [-0.2, -0.15) is 0 Å². The predicted octanol–water partition coefficient (Wildman–Crippen LogP) is 4.30. The number of nitrogens with one attached hydrogen (secondary N) is 3. The lowest BCUT2D eigenvalue weighted by Gasteiger charge is -2.13. The Kier molecular flexibility index (Phi) is 8.71. The van der Waals surface area contributed by atoms with Gasteiger partial charge in [-0.1, -0.05) is 54.6 Å². The molecule has 0 bridgehead atoms. The predicted molar refractivity (Wildman–Crippen MR) is 141 cm³/mol. The van der Waals surface area contributed by atoms with Crippen LogP contribution in [0.5, 0.6) is 11.5 Å². The lowest BCUT2D eigenvalue weighted by molar-refractivity contribution is -0.145. The highest BCUT2D eigenvalue weighted by Crippen LogP contribution is 2.24. The largest absolute Gasteiger partial charge is 0.491 e. The number of para-hydroxylation sites is 1. The summed E-state index contributed by atoms with van der Waals surface area (Å²) in [7, 11) is 0. The first-order valence-corrected chi connectivity index (χ1v) is 12.3. The highest BCUT2D eigenvalue weighted by molar-refractivity contribution is 6.05. The van der Waals surface area contributed by atoms with E-state index in [1.165, 1.54) is 0 Å². The van der Waals surface area contributed by atoms with Gasteiger partial charge in [-0.25, -0.2) is 4.79 Å². The van der Waals surface area contributed by atoms with Crippen molar-refractivity contribution in [3.05, 3.63) is 84.4 Å². The van der Waals surface area contributed by atoms with E-state index in [2.05, 4.69) is 10.6 Å². The Bertz CT molecular complexity index is 1280. The maximum absolute atomic E-state index is 12.1. The van der Waals surface area contributed by atoms with E-state index in [4.69, 9.17) is 19.6 Å². The molecule has 3 aromatic carbocycles. The number of ether oxygens (including phenoxy) is 3. The Morgan fingerprint density at radius 3 is 2.26 bits per heavy atom. The van der Waals surface area contributed by atoms with Crippen molar-refractivity contribution in [1.29, 1.82) is 5.41 Å². The van der Waals surface area contributed by atoms with Crippen molar-refractivity contribution in [3.8, 4) is 22.6 Å². The summed E-state index contributed by atoms with van der Waals surface area (Å²) in [4.78, 5) is 35.8. The van der Waals surface area contributed by atoms with E-state index >= 15 is 0 Å². The van der Waals surface area contributed by atoms with E-state index in [1.807, 2.05) is 42.5 Å². The third-order valence-corrected chi connectivity index (χ3v) is 6.00. The van der Waals surface area contributed by atoms with Crippen LogP contribution >= 0.6 is 0 Å². The van der Waals surface area contributed by atoms with Crippen LogP contribution in [0, 0.1) is 11.3 Å². The molecule has 1 aliphatic rings. The summed E-state index contributed by atoms with van der Waals surface area (Å²) in [6, 6.07) is 23.2. The SMILES string of the molecule is CCOC(=O)C[C@@H]1C[C@@H](COc2ccc(-c3ccc(C(=N)NC(=O)Oc4ccccc4)cc3)cc2)NC1=O. The molecule has 0 aliphatic carbocycles. The van der Waals surface area contributed by atoms with Gasteiger partial charge in [0.2, 0.25) is 5.91 Å². The molecular weight excluding hydrogens is 486 g/mol. The number of carbonyl (C=O) groups is 3. The average molecular weight is 516 g/mol. The number of amidine groups is 1. The molecule has 0 spiro atoms. The van der Waals surface area contributed by atoms with E-state index < -0.39 is 6.09 Å². The van der Waals surface area contributed by atoms with Crippen molar-refractivity contribution in [2.24, 2.45) is 5.92 Å². The second-order valence-corrected chi connectivity index (χ2v) is 8.76. The van der Waals surface area contributed by atoms with Crippen LogP contribution in [-0.4, -0.2) is 43.1 Å². The van der Waals surface area contributed by atoms with Gasteiger partial charge in [0.15, 0.2) is 0 Å². The molecule has 1 fully saturated rings. The number of esters is 1. The number of amides is 2. The fourth-order valence-electron chi connectivity index (χ4n) is 4.10. The number of hydrogen-bond donors (Lipinski definition) is 3. The van der Waals surface area contributed by atoms with Crippen LogP contribution in [0.3, 0.4) is 0 Å². The minimum absolute atomic E-state index is 0.0651. The maximum Gasteiger partial charge on any atom is 0.418 e. The quantitative estimate of drug-likeness (QED) is 0.222. The second kappa shape index (κ2) is 12.5. The van der Waals surface area contributed by atoms with E-state index in [9.17, 15) is 14.4 Å². The summed E-state index contributed by atoms with van der Waals surface area (Å²) >= 11 is 0. The summed E-state index contributed by atoms with van der Waals surface area (Å²) in [5.74, 6) is 0.0883. The lowest BCUT2D eigenvalue weighted by Crippen LogP contribution is -2.32. The third-order valence-electron chi connectivity index (χ3n) is 6.00. The Morgan fingerprint density at radius 2 is 1.61 bits per heavy atom. The topological polar surface area (TPSA) is 127 Å². The van der Waals surface area contributed by atoms with Crippen LogP contribution in [0.1, 0.15) is 25.3 Å². The van der Waals surface area contributed by atoms with Gasteiger partial charge in [0.1, 0.15) is 23.9 Å². The molecule has 9 nitrogen and oxygen atoms in total. The van der Waals surface area contributed by atoms with Crippen molar-refractivity contribution in [3.63, 3.8) is 0 Å². The summed E-state index contributed by atoms with van der Waals surface area (Å²) in [6.45, 7) is 2.34. The first-order chi connectivity index (χ1) is 18.4. The van der Waals surface area contributed by atoms with Crippen LogP contribution in [0.4, 0.5) is 4.79 Å². The van der Waals surface area contributed by atoms with Gasteiger partial charge in [-0.05, 0) is 48.7 Å². The number of rotatable bonds is 9. The van der Waals surface area contributed by atoms with Gasteiger partial charge in [0, 0.05) is 5.56 Å². The molecule has 9 heteroatoms. The van der Waals surface area contributed by atoms with Crippen molar-refractivity contribution in [1.82, 2.24) is 10.6 Å². The molecule has 3 aromatic rings. The van der Waals surface area contributed by atoms with Gasteiger partial charge < -0.3 is 19.5 Å². The molecule has 0 unspecified atom stereocenters. The van der Waals surface area contributed by atoms with Gasteiger partial charge in [0.05, 0.1) is 25.0 Å². The fourth-order valence-corrected chi connectivity index (χ4v) is 4.10. The molecule has 2 atom stereocenters. The highest BCUT2D eigenvalue weighted by Gasteiger charge is 2.34. The number of carbonyl (C=O) groups excluding carboxylic acids is 3. The van der Waals surface area contributed by atoms with E-state index in [-0.39, 0.29) is 36.1 Å². The smallest absolute Gasteiger partial charge is 0.418 e. The summed E-state index contributed by atoms with van der Waals surface area (Å²) in [6.07, 6.45) is -0.125. The Morgan fingerprint density at radius 1 is 0.947 bits per heavy atom. The van der Waals surface area contributed by atoms with Crippen molar-refractivity contribution in [2.45, 2.75) is 25.8 Å². The summed E-state index contributed by atoms with van der Waals surface area (Å²) < 4.78 is 15.9. The molecule has 4 rings (SSSR count). The molecule has 3 N–H and O–H groups in total. The number of hydrogen-bond acceptors (Lipinski definition) is 7. The minimum atomic E-state index is -0.729. The highest BCUT2D eigenvalue weighted by atomic mass is 16.6. The minimum Gasteiger partial charge on any atom is -0.491 e. The summed E-state index contributed by atoms with van der Waals surface area (Å²) in [5.41, 5.74) is 2.43. The van der Waals surface area contributed by atoms with Crippen LogP contribution in [0.15, 0.2) is 78.9 Å². The molecule has 0 aromatic heterocycles. The average Bonchev–Trinajstić information content (AvgIpc) is 3.27. The standard InChI is InChI=1S/C29H29N3O6/c1-2-36-26(33)17-22-16-23(31-28(22)34)18-37-24-14-12-20(13-15-24)19-8-10-21(11-9-19)27(30)32-29(35)38-25-6-4-3-5-7-25/h3-15,22-23H,2,16-18H2,1H3,(H,31,34)(H2,30,32,35)/t22-,23-/m0/s1. The molecule has 1 saturated heterocycles. The van der Waals surface area contributed by atoms with Crippen LogP contribution < -0.4 is 20.1 Å². The van der Waals surface area contributed by atoms with Crippen LogP contribution in [0.2, 0.25) is 0 Å². The zero-order valence-electron chi connectivity index (χ0n) is 20.9. The van der Waals surface area contributed by atoms with E-state index in [1.54, 1.807) is 43.3 Å². The molecule has 38 heavy (non-hydrogen) atoms. The van der Waals surface area contributed by atoms with Crippen molar-refractivity contribution < 1.29 is 28.6 Å². The van der Waals surface area contributed by atoms with Gasteiger partial charge in [-0.3, -0.25) is 20.3 Å². The Labute approximate surface area is 220 Å². The van der Waals surface area contributed by atoms with Gasteiger partial charge >= 0.3 is 12.1 Å². The van der Waals surface area contributed by atoms with E-state index in [0.29, 0.717) is 36.7 Å².